The maximum Gasteiger partial charge on any atom is 0.195 e. The van der Waals surface area contributed by atoms with Crippen LogP contribution in [0.15, 0.2) is 0 Å². The van der Waals surface area contributed by atoms with Gasteiger partial charge in [0.25, 0.3) is 0 Å². The van der Waals surface area contributed by atoms with Gasteiger partial charge in [-0.2, -0.15) is 0 Å². The van der Waals surface area contributed by atoms with Gasteiger partial charge in [0, 0.05) is 0 Å². The van der Waals surface area contributed by atoms with E-state index in [4.69, 9.17) is 24.4 Å². The van der Waals surface area contributed by atoms with Crippen molar-refractivity contribution in [2.75, 3.05) is 19.8 Å². The second-order valence-electron chi connectivity index (χ2n) is 8.18. The zero-order chi connectivity index (χ0) is 25.9. The Morgan fingerprint density at radius 2 is 1.21 bits per heavy atom. The predicted octanol–water partition coefficient (Wildman–Crippen LogP) is -8.34. The van der Waals surface area contributed by atoms with E-state index in [1.807, 2.05) is 0 Å². The molecule has 0 aliphatic carbocycles. The topological polar surface area (TPSA) is 288 Å². The molecule has 16 nitrogen and oxygen atoms in total. The molecular weight excluding hydrogens is 472 g/mol. The number of ketones is 1. The highest BCUT2D eigenvalue weighted by Crippen LogP contribution is 2.25. The largest absolute Gasteiger partial charge is 0.394 e. The molecular formula is C18H32O16. The first-order chi connectivity index (χ1) is 15.9. The van der Waals surface area contributed by atoms with Gasteiger partial charge < -0.3 is 75.5 Å². The van der Waals surface area contributed by atoms with Crippen molar-refractivity contribution < 1.29 is 80.3 Å². The molecule has 0 spiro atoms. The molecule has 0 amide bonds. The number of aliphatic hydroxyl groups is 12. The number of carbonyl (C=O) groups is 1. The second-order valence-corrected chi connectivity index (χ2v) is 8.18. The lowest BCUT2D eigenvalue weighted by Crippen LogP contribution is -2.63. The Morgan fingerprint density at radius 3 is 1.74 bits per heavy atom. The lowest BCUT2D eigenvalue weighted by molar-refractivity contribution is -0.306. The van der Waals surface area contributed by atoms with Crippen LogP contribution in [0.25, 0.3) is 0 Å². The number of carbonyl (C=O) groups excluding carboxylic acids is 1. The van der Waals surface area contributed by atoms with Crippen LogP contribution in [0.5, 0.6) is 0 Å². The minimum Gasteiger partial charge on any atom is -0.394 e. The van der Waals surface area contributed by atoms with Crippen LogP contribution in [-0.4, -0.2) is 173 Å². The number of ether oxygens (including phenoxy) is 3. The lowest BCUT2D eigenvalue weighted by atomic mass is 9.89. The molecule has 0 aromatic rings. The average Bonchev–Trinajstić information content (AvgIpc) is 2.83. The summed E-state index contributed by atoms with van der Waals surface area (Å²) >= 11 is 0. The van der Waals surface area contributed by atoms with Crippen LogP contribution in [0.2, 0.25) is 0 Å². The van der Waals surface area contributed by atoms with Gasteiger partial charge in [-0.25, -0.2) is 0 Å². The Labute approximate surface area is 192 Å². The minimum atomic E-state index is -2.47. The molecule has 5 unspecified atom stereocenters. The Hall–Kier alpha value is -0.930. The van der Waals surface area contributed by atoms with E-state index in [1.165, 1.54) is 0 Å². The molecule has 2 saturated heterocycles. The molecule has 2 aliphatic rings. The van der Waals surface area contributed by atoms with Crippen LogP contribution < -0.4 is 0 Å². The summed E-state index contributed by atoms with van der Waals surface area (Å²) in [6, 6.07) is 0. The van der Waals surface area contributed by atoms with Crippen molar-refractivity contribution in [2.24, 2.45) is 0 Å². The Bertz CT molecular complexity index is 647. The van der Waals surface area contributed by atoms with E-state index >= 15 is 0 Å². The zero-order valence-electron chi connectivity index (χ0n) is 17.7. The van der Waals surface area contributed by atoms with Gasteiger partial charge in [0.1, 0.15) is 79.4 Å². The van der Waals surface area contributed by atoms with E-state index in [0.29, 0.717) is 0 Å². The second kappa shape index (κ2) is 12.3. The van der Waals surface area contributed by atoms with E-state index in [-0.39, 0.29) is 0 Å². The molecule has 0 aromatic heterocycles. The van der Waals surface area contributed by atoms with E-state index in [1.54, 1.807) is 0 Å². The highest BCUT2D eigenvalue weighted by molar-refractivity contribution is 5.88. The third-order valence-electron chi connectivity index (χ3n) is 5.81. The first-order valence-electron chi connectivity index (χ1n) is 10.4. The lowest BCUT2D eigenvalue weighted by Gasteiger charge is -2.40. The van der Waals surface area contributed by atoms with Gasteiger partial charge in [-0.3, -0.25) is 4.79 Å². The van der Waals surface area contributed by atoms with Crippen molar-refractivity contribution in [3.63, 3.8) is 0 Å². The first-order valence-corrected chi connectivity index (χ1v) is 10.4. The fourth-order valence-electron chi connectivity index (χ4n) is 3.58. The average molecular weight is 504 g/mol. The minimum absolute atomic E-state index is 0.749. The molecule has 2 heterocycles. The van der Waals surface area contributed by atoms with Gasteiger partial charge in [0.2, 0.25) is 0 Å². The Kier molecular flexibility index (Phi) is 10.6. The molecule has 0 bridgehead atoms. The van der Waals surface area contributed by atoms with Crippen molar-refractivity contribution in [3.8, 4) is 0 Å². The van der Waals surface area contributed by atoms with Gasteiger partial charge in [0.15, 0.2) is 12.1 Å². The quantitative estimate of drug-likeness (QED) is 0.131. The maximum atomic E-state index is 12.5. The Balaban J connectivity index is 1.97. The van der Waals surface area contributed by atoms with Gasteiger partial charge in [0.05, 0.1) is 19.8 Å². The van der Waals surface area contributed by atoms with Crippen molar-refractivity contribution in [3.05, 3.63) is 0 Å². The van der Waals surface area contributed by atoms with Crippen LogP contribution in [0, 0.1) is 0 Å². The van der Waals surface area contributed by atoms with E-state index < -0.39 is 111 Å². The number of Topliss-reactive ketones (excluding diaryl/α,β-unsaturated/α-hetero) is 1. The van der Waals surface area contributed by atoms with E-state index in [9.17, 15) is 55.9 Å². The summed E-state index contributed by atoms with van der Waals surface area (Å²) in [4.78, 5) is 12.5. The van der Waals surface area contributed by atoms with E-state index in [0.717, 1.165) is 0 Å². The summed E-state index contributed by atoms with van der Waals surface area (Å²) in [5.74, 6) is -1.44. The van der Waals surface area contributed by atoms with Gasteiger partial charge >= 0.3 is 0 Å². The standard InChI is InChI=1S/C18H32O16/c19-1-5-8(23)11(26)14(29)17(33-5)15(30)13(28)10(25)7(22)4(21)3-32-18-16(31)12(27)9(24)6(2-20)34-18/h4-14,16-29,31H,1-3H2/t4?,5-,6-,7?,8-,9-,10?,11+,12+,13?,14-,16-,17+,18?/m1/s1. The van der Waals surface area contributed by atoms with E-state index in [2.05, 4.69) is 0 Å². The van der Waals surface area contributed by atoms with Gasteiger partial charge in [-0.05, 0) is 0 Å². The molecule has 0 radical (unpaired) electrons. The summed E-state index contributed by atoms with van der Waals surface area (Å²) in [5.41, 5.74) is 0. The van der Waals surface area contributed by atoms with Crippen LogP contribution in [0.1, 0.15) is 0 Å². The molecule has 14 atom stereocenters. The summed E-state index contributed by atoms with van der Waals surface area (Å²) in [6.45, 7) is -2.49. The monoisotopic (exact) mass is 504 g/mol. The number of hydrogen-bond donors (Lipinski definition) is 12. The Morgan fingerprint density at radius 1 is 0.706 bits per heavy atom. The fourth-order valence-corrected chi connectivity index (χ4v) is 3.58. The molecule has 2 fully saturated rings. The number of aliphatic hydroxyl groups excluding tert-OH is 12. The number of rotatable bonds is 10. The number of hydrogen-bond acceptors (Lipinski definition) is 16. The molecule has 2 aliphatic heterocycles. The molecule has 16 heteroatoms. The smallest absolute Gasteiger partial charge is 0.195 e. The van der Waals surface area contributed by atoms with Crippen molar-refractivity contribution in [2.45, 2.75) is 85.6 Å². The van der Waals surface area contributed by atoms with Crippen molar-refractivity contribution >= 4 is 5.78 Å². The molecule has 0 saturated carbocycles. The van der Waals surface area contributed by atoms with Crippen LogP contribution in [-0.2, 0) is 19.0 Å². The predicted molar refractivity (Wildman–Crippen MR) is 103 cm³/mol. The highest BCUT2D eigenvalue weighted by atomic mass is 16.7. The molecule has 12 N–H and O–H groups in total. The highest BCUT2D eigenvalue weighted by Gasteiger charge is 2.50. The first kappa shape index (κ1) is 29.3. The SMILES string of the molecule is O=C(C(O)C(O)C(O)C(O)COC1O[C@H](CO)[C@@H](O)[C@H](O)[C@H]1O)[C@H]1O[C@H](CO)[C@@H](O)[C@H](O)[C@H]1O. The summed E-state index contributed by atoms with van der Waals surface area (Å²) in [7, 11) is 0. The molecule has 2 rings (SSSR count). The van der Waals surface area contributed by atoms with Crippen LogP contribution in [0.3, 0.4) is 0 Å². The van der Waals surface area contributed by atoms with Gasteiger partial charge in [-0.1, -0.05) is 0 Å². The van der Waals surface area contributed by atoms with Crippen LogP contribution in [0.4, 0.5) is 0 Å². The molecule has 34 heavy (non-hydrogen) atoms. The molecule has 0 aromatic carbocycles. The fraction of sp³-hybridized carbons (Fsp3) is 0.944. The normalized spacial score (nSPS) is 42.6. The van der Waals surface area contributed by atoms with Crippen molar-refractivity contribution in [1.29, 1.82) is 0 Å². The molecule has 200 valence electrons. The third kappa shape index (κ3) is 6.06. The van der Waals surface area contributed by atoms with Gasteiger partial charge in [-0.15, -0.1) is 0 Å². The summed E-state index contributed by atoms with van der Waals surface area (Å²) < 4.78 is 15.0. The maximum absolute atomic E-state index is 12.5. The summed E-state index contributed by atoms with van der Waals surface area (Å²) in [5, 5.41) is 117. The third-order valence-corrected chi connectivity index (χ3v) is 5.81. The van der Waals surface area contributed by atoms with Crippen molar-refractivity contribution in [1.82, 2.24) is 0 Å². The summed E-state index contributed by atoms with van der Waals surface area (Å²) in [6.07, 6.45) is -26.6. The zero-order valence-corrected chi connectivity index (χ0v) is 17.7. The van der Waals surface area contributed by atoms with Crippen LogP contribution >= 0.6 is 0 Å².